The van der Waals surface area contributed by atoms with Crippen LogP contribution < -0.4 is 0 Å². The van der Waals surface area contributed by atoms with Crippen molar-refractivity contribution in [1.82, 2.24) is 0 Å². The summed E-state index contributed by atoms with van der Waals surface area (Å²) in [5.74, 6) is -1.63. The topological polar surface area (TPSA) is 51.2 Å². The summed E-state index contributed by atoms with van der Waals surface area (Å²) < 4.78 is 0. The van der Waals surface area contributed by atoms with Gasteiger partial charge in [0.2, 0.25) is 0 Å². The van der Waals surface area contributed by atoms with Crippen LogP contribution in [0, 0.1) is 11.8 Å². The van der Waals surface area contributed by atoms with Crippen LogP contribution >= 0.6 is 0 Å². The van der Waals surface area contributed by atoms with Crippen molar-refractivity contribution in [1.29, 1.82) is 0 Å². The molecule has 3 heteroatoms. The van der Waals surface area contributed by atoms with Crippen LogP contribution in [0.3, 0.4) is 0 Å². The molecule has 15 heavy (non-hydrogen) atoms. The van der Waals surface area contributed by atoms with Crippen LogP contribution in [0.4, 0.5) is 0 Å². The second-order valence-corrected chi connectivity index (χ2v) is 3.70. The van der Waals surface area contributed by atoms with Crippen molar-refractivity contribution < 1.29 is 14.4 Å². The molecule has 0 aliphatic heterocycles. The zero-order chi connectivity index (χ0) is 11.0. The van der Waals surface area contributed by atoms with Gasteiger partial charge in [-0.25, -0.2) is 0 Å². The average molecular weight is 202 g/mol. The first-order chi connectivity index (χ1) is 7.11. The second-order valence-electron chi connectivity index (χ2n) is 3.70. The predicted octanol–water partition coefficient (Wildman–Crippen LogP) is 1.01. The molecule has 0 N–H and O–H groups in total. The van der Waals surface area contributed by atoms with E-state index < -0.39 is 11.8 Å². The first kappa shape index (κ1) is 9.77. The molecule has 76 valence electrons. The lowest BCUT2D eigenvalue weighted by Gasteiger charge is -2.25. The molecule has 2 rings (SSSR count). The van der Waals surface area contributed by atoms with Gasteiger partial charge in [-0.05, 0) is 13.0 Å². The van der Waals surface area contributed by atoms with Crippen molar-refractivity contribution in [3.8, 4) is 0 Å². The van der Waals surface area contributed by atoms with Gasteiger partial charge in [-0.15, -0.1) is 0 Å². The van der Waals surface area contributed by atoms with Crippen LogP contribution in [0.5, 0.6) is 0 Å². The molecule has 0 bridgehead atoms. The van der Waals surface area contributed by atoms with Gasteiger partial charge < -0.3 is 0 Å². The van der Waals surface area contributed by atoms with Gasteiger partial charge in [0.15, 0.2) is 17.3 Å². The summed E-state index contributed by atoms with van der Waals surface area (Å²) in [6, 6.07) is 0. The van der Waals surface area contributed by atoms with E-state index in [9.17, 15) is 14.4 Å². The van der Waals surface area contributed by atoms with Crippen molar-refractivity contribution in [3.05, 3.63) is 36.0 Å². The fourth-order valence-corrected chi connectivity index (χ4v) is 1.89. The molecule has 3 nitrogen and oxygen atoms in total. The van der Waals surface area contributed by atoms with Crippen molar-refractivity contribution in [3.63, 3.8) is 0 Å². The van der Waals surface area contributed by atoms with Gasteiger partial charge in [-0.2, -0.15) is 0 Å². The zero-order valence-electron chi connectivity index (χ0n) is 8.27. The molecule has 0 radical (unpaired) electrons. The van der Waals surface area contributed by atoms with Crippen LogP contribution in [-0.2, 0) is 14.4 Å². The summed E-state index contributed by atoms with van der Waals surface area (Å²) in [6.45, 7) is 1.31. The van der Waals surface area contributed by atoms with E-state index >= 15 is 0 Å². The van der Waals surface area contributed by atoms with Crippen LogP contribution in [0.2, 0.25) is 0 Å². The Labute approximate surface area is 87.2 Å². The average Bonchev–Trinajstić information content (AvgIpc) is 2.23. The Morgan fingerprint density at radius 3 is 2.33 bits per heavy atom. The highest BCUT2D eigenvalue weighted by Gasteiger charge is 2.37. The standard InChI is InChI=1S/C12H10O3/c1-7(13)10-6-11(14)8-4-2-3-5-9(8)12(10)15/h2-6,8-9H,1H3. The number of fused-ring (bicyclic) bond motifs is 1. The van der Waals surface area contributed by atoms with E-state index in [1.807, 2.05) is 0 Å². The second kappa shape index (κ2) is 3.42. The zero-order valence-corrected chi connectivity index (χ0v) is 8.27. The van der Waals surface area contributed by atoms with E-state index in [1.54, 1.807) is 24.3 Å². The summed E-state index contributed by atoms with van der Waals surface area (Å²) in [5.41, 5.74) is 0.0289. The number of ketones is 3. The highest BCUT2D eigenvalue weighted by Crippen LogP contribution is 2.29. The molecule has 0 aromatic carbocycles. The molecule has 0 amide bonds. The lowest BCUT2D eigenvalue weighted by atomic mass is 9.75. The number of allylic oxidation sites excluding steroid dienone is 6. The third-order valence-electron chi connectivity index (χ3n) is 2.70. The van der Waals surface area contributed by atoms with Gasteiger partial charge in [0.1, 0.15) is 0 Å². The van der Waals surface area contributed by atoms with Crippen LogP contribution in [0.1, 0.15) is 6.92 Å². The number of rotatable bonds is 1. The lowest BCUT2D eigenvalue weighted by molar-refractivity contribution is -0.129. The Hall–Kier alpha value is -1.77. The van der Waals surface area contributed by atoms with E-state index in [1.165, 1.54) is 13.0 Å². The van der Waals surface area contributed by atoms with Crippen molar-refractivity contribution in [2.75, 3.05) is 0 Å². The molecule has 2 unspecified atom stereocenters. The highest BCUT2D eigenvalue weighted by atomic mass is 16.2. The van der Waals surface area contributed by atoms with Crippen LogP contribution in [-0.4, -0.2) is 17.3 Å². The van der Waals surface area contributed by atoms with Gasteiger partial charge in [-0.3, -0.25) is 14.4 Å². The molecular weight excluding hydrogens is 192 g/mol. The van der Waals surface area contributed by atoms with E-state index in [4.69, 9.17) is 0 Å². The number of hydrogen-bond donors (Lipinski definition) is 0. The molecule has 0 spiro atoms. The fourth-order valence-electron chi connectivity index (χ4n) is 1.89. The van der Waals surface area contributed by atoms with Gasteiger partial charge in [0, 0.05) is 0 Å². The first-order valence-electron chi connectivity index (χ1n) is 4.77. The summed E-state index contributed by atoms with van der Waals surface area (Å²) in [5, 5.41) is 0. The van der Waals surface area contributed by atoms with Crippen molar-refractivity contribution in [2.45, 2.75) is 6.92 Å². The smallest absolute Gasteiger partial charge is 0.174 e. The molecule has 0 saturated carbocycles. The Bertz CT molecular complexity index is 438. The summed E-state index contributed by atoms with van der Waals surface area (Å²) in [7, 11) is 0. The molecule has 2 aliphatic rings. The quantitative estimate of drug-likeness (QED) is 0.596. The Balaban J connectivity index is 2.46. The van der Waals surface area contributed by atoms with Crippen LogP contribution in [0.25, 0.3) is 0 Å². The Morgan fingerprint density at radius 2 is 1.73 bits per heavy atom. The summed E-state index contributed by atoms with van der Waals surface area (Å²) in [4.78, 5) is 34.6. The minimum Gasteiger partial charge on any atom is -0.294 e. The predicted molar refractivity (Wildman–Crippen MR) is 54.0 cm³/mol. The van der Waals surface area contributed by atoms with Gasteiger partial charge in [-0.1, -0.05) is 24.3 Å². The third-order valence-corrected chi connectivity index (χ3v) is 2.70. The maximum absolute atomic E-state index is 11.8. The highest BCUT2D eigenvalue weighted by molar-refractivity contribution is 6.26. The largest absolute Gasteiger partial charge is 0.294 e. The van der Waals surface area contributed by atoms with E-state index in [-0.39, 0.29) is 22.9 Å². The molecule has 0 aromatic rings. The Morgan fingerprint density at radius 1 is 1.13 bits per heavy atom. The minimum atomic E-state index is -0.480. The molecule has 0 fully saturated rings. The SMILES string of the molecule is CC(=O)C1=CC(=O)C2C=CC=CC2C1=O. The molecular formula is C12H10O3. The molecule has 0 saturated heterocycles. The summed E-state index contributed by atoms with van der Waals surface area (Å²) >= 11 is 0. The van der Waals surface area contributed by atoms with Crippen molar-refractivity contribution >= 4 is 17.3 Å². The third kappa shape index (κ3) is 1.50. The molecule has 2 aliphatic carbocycles. The Kier molecular flexibility index (Phi) is 2.23. The molecule has 0 heterocycles. The van der Waals surface area contributed by atoms with Gasteiger partial charge in [0.05, 0.1) is 17.4 Å². The number of Topliss-reactive ketones (excluding diaryl/α,β-unsaturated/α-hetero) is 2. The van der Waals surface area contributed by atoms with Crippen molar-refractivity contribution in [2.24, 2.45) is 11.8 Å². The molecule has 2 atom stereocenters. The molecule has 0 aromatic heterocycles. The first-order valence-corrected chi connectivity index (χ1v) is 4.77. The number of hydrogen-bond acceptors (Lipinski definition) is 3. The maximum Gasteiger partial charge on any atom is 0.174 e. The monoisotopic (exact) mass is 202 g/mol. The van der Waals surface area contributed by atoms with Gasteiger partial charge >= 0.3 is 0 Å². The lowest BCUT2D eigenvalue weighted by Crippen LogP contribution is -2.35. The fraction of sp³-hybridized carbons (Fsp3) is 0.250. The number of carbonyl (C=O) groups excluding carboxylic acids is 3. The van der Waals surface area contributed by atoms with E-state index in [0.29, 0.717) is 0 Å². The van der Waals surface area contributed by atoms with E-state index in [2.05, 4.69) is 0 Å². The van der Waals surface area contributed by atoms with E-state index in [0.717, 1.165) is 0 Å². The normalized spacial score (nSPS) is 28.7. The maximum atomic E-state index is 11.8. The minimum absolute atomic E-state index is 0.0289. The number of carbonyl (C=O) groups is 3. The van der Waals surface area contributed by atoms with Crippen LogP contribution in [0.15, 0.2) is 36.0 Å². The summed E-state index contributed by atoms with van der Waals surface area (Å²) in [6.07, 6.45) is 8.04. The van der Waals surface area contributed by atoms with Gasteiger partial charge in [0.25, 0.3) is 0 Å².